The minimum atomic E-state index is 0. The van der Waals surface area contributed by atoms with Gasteiger partial charge in [0.1, 0.15) is 0 Å². The van der Waals surface area contributed by atoms with Crippen molar-refractivity contribution in [3.8, 4) is 0 Å². The van der Waals surface area contributed by atoms with Gasteiger partial charge in [-0.3, -0.25) is 9.58 Å². The highest BCUT2D eigenvalue weighted by Gasteiger charge is 2.20. The largest absolute Gasteiger partial charge is 0.357 e. The summed E-state index contributed by atoms with van der Waals surface area (Å²) in [4.78, 5) is 11.1. The summed E-state index contributed by atoms with van der Waals surface area (Å²) in [5.41, 5.74) is 3.47. The number of hydrogen-bond donors (Lipinski definition) is 1. The molecule has 1 N–H and O–H groups in total. The molecule has 1 aliphatic heterocycles. The summed E-state index contributed by atoms with van der Waals surface area (Å²) in [6.07, 6.45) is 0. The molecular formula is C19H30ClIN6S. The van der Waals surface area contributed by atoms with Crippen molar-refractivity contribution in [2.45, 2.75) is 33.9 Å². The maximum absolute atomic E-state index is 6.05. The first-order valence-corrected chi connectivity index (χ1v) is 10.7. The zero-order valence-electron chi connectivity index (χ0n) is 17.0. The quantitative estimate of drug-likeness (QED) is 0.360. The van der Waals surface area contributed by atoms with E-state index in [1.54, 1.807) is 11.3 Å². The van der Waals surface area contributed by atoms with Crippen LogP contribution in [0.15, 0.2) is 17.1 Å². The van der Waals surface area contributed by atoms with Gasteiger partial charge in [-0.15, -0.1) is 35.3 Å². The second kappa shape index (κ2) is 10.8. The fourth-order valence-corrected chi connectivity index (χ4v) is 4.53. The van der Waals surface area contributed by atoms with Gasteiger partial charge in [0.15, 0.2) is 5.96 Å². The van der Waals surface area contributed by atoms with Crippen LogP contribution in [0.5, 0.6) is 0 Å². The zero-order chi connectivity index (χ0) is 19.4. The summed E-state index contributed by atoms with van der Waals surface area (Å²) in [5, 5.41) is 7.95. The lowest BCUT2D eigenvalue weighted by Gasteiger charge is -2.36. The molecule has 6 nitrogen and oxygen atoms in total. The maximum atomic E-state index is 6.05. The summed E-state index contributed by atoms with van der Waals surface area (Å²) in [6.45, 7) is 12.8. The van der Waals surface area contributed by atoms with Crippen LogP contribution in [0.2, 0.25) is 4.34 Å². The first kappa shape index (κ1) is 23.4. The van der Waals surface area contributed by atoms with Crippen molar-refractivity contribution in [2.75, 3.05) is 32.7 Å². The topological polar surface area (TPSA) is 48.7 Å². The summed E-state index contributed by atoms with van der Waals surface area (Å²) in [7, 11) is 1.99. The first-order valence-electron chi connectivity index (χ1n) is 9.46. The number of nitrogens with zero attached hydrogens (tertiary/aromatic N) is 5. The van der Waals surface area contributed by atoms with E-state index in [9.17, 15) is 0 Å². The van der Waals surface area contributed by atoms with Gasteiger partial charge in [-0.2, -0.15) is 5.10 Å². The van der Waals surface area contributed by atoms with Crippen LogP contribution in [0.3, 0.4) is 0 Å². The molecule has 0 spiro atoms. The Morgan fingerprint density at radius 3 is 2.50 bits per heavy atom. The van der Waals surface area contributed by atoms with Crippen LogP contribution in [-0.4, -0.2) is 58.3 Å². The lowest BCUT2D eigenvalue weighted by atomic mass is 10.2. The second-order valence-electron chi connectivity index (χ2n) is 6.91. The molecule has 0 saturated carbocycles. The van der Waals surface area contributed by atoms with Crippen molar-refractivity contribution in [1.82, 2.24) is 24.9 Å². The van der Waals surface area contributed by atoms with Crippen molar-refractivity contribution in [3.63, 3.8) is 0 Å². The van der Waals surface area contributed by atoms with Crippen LogP contribution in [0.25, 0.3) is 0 Å². The summed E-state index contributed by atoms with van der Waals surface area (Å²) in [5.74, 6) is 0.999. The predicted molar refractivity (Wildman–Crippen MR) is 129 cm³/mol. The standard InChI is InChI=1S/C19H29ClN6S.HI/c1-5-21-19(22-12-17-14(2)23-24(4)15(17)3)26-10-8-25(9-11-26)13-16-6-7-18(20)27-16;/h6-7H,5,8-13H2,1-4H3,(H,21,22);1H. The van der Waals surface area contributed by atoms with E-state index in [-0.39, 0.29) is 24.0 Å². The molecule has 0 bridgehead atoms. The van der Waals surface area contributed by atoms with Crippen LogP contribution >= 0.6 is 46.9 Å². The third-order valence-electron chi connectivity index (χ3n) is 5.06. The first-order chi connectivity index (χ1) is 13.0. The Bertz CT molecular complexity index is 794. The van der Waals surface area contributed by atoms with Gasteiger partial charge in [0.25, 0.3) is 0 Å². The monoisotopic (exact) mass is 536 g/mol. The lowest BCUT2D eigenvalue weighted by molar-refractivity contribution is 0.173. The molecule has 0 aliphatic carbocycles. The molecular weight excluding hydrogens is 507 g/mol. The van der Waals surface area contributed by atoms with Crippen molar-refractivity contribution >= 4 is 52.9 Å². The molecule has 9 heteroatoms. The van der Waals surface area contributed by atoms with Gasteiger partial charge >= 0.3 is 0 Å². The highest BCUT2D eigenvalue weighted by molar-refractivity contribution is 14.0. The van der Waals surface area contributed by atoms with Crippen molar-refractivity contribution in [1.29, 1.82) is 0 Å². The Hall–Kier alpha value is -0.840. The number of hydrogen-bond acceptors (Lipinski definition) is 4. The molecule has 0 radical (unpaired) electrons. The SMILES string of the molecule is CCNC(=NCc1c(C)nn(C)c1C)N1CCN(Cc2ccc(Cl)s2)CC1.I. The molecule has 3 rings (SSSR count). The van der Waals surface area contributed by atoms with E-state index >= 15 is 0 Å². The van der Waals surface area contributed by atoms with Gasteiger partial charge in [-0.25, -0.2) is 4.99 Å². The van der Waals surface area contributed by atoms with Crippen molar-refractivity contribution in [2.24, 2.45) is 12.0 Å². The molecule has 0 aromatic carbocycles. The van der Waals surface area contributed by atoms with Crippen LogP contribution in [0.1, 0.15) is 28.8 Å². The van der Waals surface area contributed by atoms with Crippen molar-refractivity contribution in [3.05, 3.63) is 38.3 Å². The number of aliphatic imine (C=N–C) groups is 1. The normalized spacial score (nSPS) is 15.6. The number of aryl methyl sites for hydroxylation is 2. The average Bonchev–Trinajstić information content (AvgIpc) is 3.16. The molecule has 0 atom stereocenters. The summed E-state index contributed by atoms with van der Waals surface area (Å²) < 4.78 is 2.80. The fraction of sp³-hybridized carbons (Fsp3) is 0.579. The van der Waals surface area contributed by atoms with E-state index < -0.39 is 0 Å². The summed E-state index contributed by atoms with van der Waals surface area (Å²) >= 11 is 7.72. The maximum Gasteiger partial charge on any atom is 0.194 e. The molecule has 28 heavy (non-hydrogen) atoms. The molecule has 3 heterocycles. The number of guanidine groups is 1. The Morgan fingerprint density at radius 1 is 1.25 bits per heavy atom. The molecule has 1 saturated heterocycles. The molecule has 156 valence electrons. The predicted octanol–water partition coefficient (Wildman–Crippen LogP) is 3.65. The Morgan fingerprint density at radius 2 is 1.96 bits per heavy atom. The number of halogens is 2. The number of rotatable bonds is 5. The minimum Gasteiger partial charge on any atom is -0.357 e. The minimum absolute atomic E-state index is 0. The average molecular weight is 537 g/mol. The van der Waals surface area contributed by atoms with E-state index in [4.69, 9.17) is 16.6 Å². The van der Waals surface area contributed by atoms with Gasteiger partial charge in [-0.05, 0) is 32.9 Å². The molecule has 0 unspecified atom stereocenters. The lowest BCUT2D eigenvalue weighted by Crippen LogP contribution is -2.52. The van der Waals surface area contributed by atoms with E-state index in [1.807, 2.05) is 17.8 Å². The Balaban J connectivity index is 0.00000280. The van der Waals surface area contributed by atoms with Crippen LogP contribution < -0.4 is 5.32 Å². The molecule has 0 amide bonds. The van der Waals surface area contributed by atoms with E-state index in [0.29, 0.717) is 6.54 Å². The number of nitrogens with one attached hydrogen (secondary N) is 1. The van der Waals surface area contributed by atoms with Gasteiger partial charge in [-0.1, -0.05) is 11.6 Å². The van der Waals surface area contributed by atoms with Gasteiger partial charge < -0.3 is 10.2 Å². The molecule has 2 aromatic heterocycles. The van der Waals surface area contributed by atoms with Crippen LogP contribution in [-0.2, 0) is 20.1 Å². The second-order valence-corrected chi connectivity index (χ2v) is 8.71. The smallest absolute Gasteiger partial charge is 0.194 e. The fourth-order valence-electron chi connectivity index (χ4n) is 3.40. The molecule has 2 aromatic rings. The van der Waals surface area contributed by atoms with Gasteiger partial charge in [0, 0.05) is 62.5 Å². The van der Waals surface area contributed by atoms with E-state index in [0.717, 1.165) is 55.3 Å². The zero-order valence-corrected chi connectivity index (χ0v) is 20.9. The third-order valence-corrected chi connectivity index (χ3v) is 6.28. The van der Waals surface area contributed by atoms with Crippen molar-refractivity contribution < 1.29 is 0 Å². The Labute approximate surface area is 194 Å². The number of piperazine rings is 1. The summed E-state index contributed by atoms with van der Waals surface area (Å²) in [6, 6.07) is 4.11. The Kier molecular flexibility index (Phi) is 9.04. The van der Waals surface area contributed by atoms with E-state index in [1.165, 1.54) is 16.1 Å². The highest BCUT2D eigenvalue weighted by atomic mass is 127. The molecule has 1 aliphatic rings. The van der Waals surface area contributed by atoms with Crippen LogP contribution in [0, 0.1) is 13.8 Å². The number of thiophene rings is 1. The molecule has 1 fully saturated rings. The highest BCUT2D eigenvalue weighted by Crippen LogP contribution is 2.23. The number of aromatic nitrogens is 2. The van der Waals surface area contributed by atoms with E-state index in [2.05, 4.69) is 47.1 Å². The van der Waals surface area contributed by atoms with Gasteiger partial charge in [0.2, 0.25) is 0 Å². The van der Waals surface area contributed by atoms with Crippen LogP contribution in [0.4, 0.5) is 0 Å². The van der Waals surface area contributed by atoms with Gasteiger partial charge in [0.05, 0.1) is 16.6 Å². The third kappa shape index (κ3) is 5.84.